The van der Waals surface area contributed by atoms with Crippen LogP contribution in [0.5, 0.6) is 0 Å². The summed E-state index contributed by atoms with van der Waals surface area (Å²) in [4.78, 5) is 13.0. The molecule has 1 amide bonds. The third kappa shape index (κ3) is 2.92. The Morgan fingerprint density at radius 2 is 2.00 bits per heavy atom. The molecular formula is C19H28ClN3O2. The van der Waals surface area contributed by atoms with Gasteiger partial charge in [0.05, 0.1) is 22.8 Å². The highest BCUT2D eigenvalue weighted by Crippen LogP contribution is 2.46. The molecule has 2 N–H and O–H groups in total. The zero-order valence-corrected chi connectivity index (χ0v) is 16.8. The van der Waals surface area contributed by atoms with Gasteiger partial charge in [0.2, 0.25) is 0 Å². The van der Waals surface area contributed by atoms with Crippen molar-refractivity contribution < 1.29 is 9.53 Å². The maximum atomic E-state index is 13.0. The number of hydrazine groups is 1. The molecule has 2 aliphatic heterocycles. The fourth-order valence-corrected chi connectivity index (χ4v) is 4.85. The fourth-order valence-electron chi connectivity index (χ4n) is 4.48. The average Bonchev–Trinajstić information content (AvgIpc) is 2.82. The molecule has 0 aromatic heterocycles. The molecule has 2 atom stereocenters. The zero-order valence-electron chi connectivity index (χ0n) is 16.1. The number of nitrogens with zero attached hydrogens (tertiary/aromatic N) is 1. The molecule has 0 aromatic rings. The number of carbonyl (C=O) groups is 1. The predicted molar refractivity (Wildman–Crippen MR) is 99.5 cm³/mol. The molecule has 6 heteroatoms. The topological polar surface area (TPSA) is 53.6 Å². The molecule has 0 aromatic carbocycles. The van der Waals surface area contributed by atoms with Crippen molar-refractivity contribution in [2.24, 2.45) is 5.92 Å². The molecule has 2 heterocycles. The first kappa shape index (κ1) is 18.5. The highest BCUT2D eigenvalue weighted by molar-refractivity contribution is 6.32. The molecule has 0 spiro atoms. The van der Waals surface area contributed by atoms with Crippen molar-refractivity contribution in [1.29, 1.82) is 0 Å². The van der Waals surface area contributed by atoms with Crippen LogP contribution in [0.4, 0.5) is 0 Å². The number of hydrogen-bond donors (Lipinski definition) is 2. The van der Waals surface area contributed by atoms with Crippen LogP contribution < -0.4 is 10.7 Å². The quantitative estimate of drug-likeness (QED) is 0.738. The standard InChI is InChI=1S/C19H28ClN3O2/c1-10-8-9-12(13-11(2)25-19(5,6)14(10)13)21-17(24)15-16(20)23(7)22-18(15,3)4/h9-11,22H,8H2,1-7H3,(H,21,24). The lowest BCUT2D eigenvalue weighted by atomic mass is 9.79. The number of carbonyl (C=O) groups excluding carboxylic acids is 1. The maximum Gasteiger partial charge on any atom is 0.256 e. The van der Waals surface area contributed by atoms with Crippen LogP contribution in [-0.2, 0) is 9.53 Å². The molecule has 3 aliphatic rings. The van der Waals surface area contributed by atoms with Crippen LogP contribution in [0.2, 0.25) is 0 Å². The summed E-state index contributed by atoms with van der Waals surface area (Å²) in [5, 5.41) is 5.21. The van der Waals surface area contributed by atoms with Gasteiger partial charge >= 0.3 is 0 Å². The SMILES string of the molecule is CC1CC=C(NC(=O)C2=C(Cl)N(C)NC2(C)C)C2=C1C(C)(C)OC2C. The van der Waals surface area contributed by atoms with E-state index >= 15 is 0 Å². The average molecular weight is 366 g/mol. The van der Waals surface area contributed by atoms with Gasteiger partial charge in [0, 0.05) is 18.3 Å². The number of hydrogen-bond acceptors (Lipinski definition) is 4. The molecule has 0 radical (unpaired) electrons. The highest BCUT2D eigenvalue weighted by atomic mass is 35.5. The van der Waals surface area contributed by atoms with Crippen molar-refractivity contribution in [3.8, 4) is 0 Å². The Morgan fingerprint density at radius 3 is 2.56 bits per heavy atom. The molecular weight excluding hydrogens is 338 g/mol. The Labute approximate surface area is 155 Å². The molecule has 0 fully saturated rings. The van der Waals surface area contributed by atoms with Gasteiger partial charge < -0.3 is 10.1 Å². The second kappa shape index (κ2) is 5.86. The summed E-state index contributed by atoms with van der Waals surface area (Å²) in [5.41, 5.74) is 6.19. The largest absolute Gasteiger partial charge is 0.363 e. The molecule has 5 nitrogen and oxygen atoms in total. The van der Waals surface area contributed by atoms with Crippen molar-refractivity contribution in [1.82, 2.24) is 15.8 Å². The Morgan fingerprint density at radius 1 is 1.36 bits per heavy atom. The van der Waals surface area contributed by atoms with E-state index in [0.29, 0.717) is 16.6 Å². The molecule has 138 valence electrons. The van der Waals surface area contributed by atoms with Crippen LogP contribution >= 0.6 is 11.6 Å². The van der Waals surface area contributed by atoms with Gasteiger partial charge in [-0.05, 0) is 52.5 Å². The third-order valence-corrected chi connectivity index (χ3v) is 5.77. The van der Waals surface area contributed by atoms with Crippen LogP contribution in [-0.4, -0.2) is 35.2 Å². The monoisotopic (exact) mass is 365 g/mol. The summed E-state index contributed by atoms with van der Waals surface area (Å²) < 4.78 is 6.16. The third-order valence-electron chi connectivity index (χ3n) is 5.32. The van der Waals surface area contributed by atoms with E-state index in [1.165, 1.54) is 5.57 Å². The second-order valence-corrected chi connectivity index (χ2v) is 8.63. The number of nitrogens with one attached hydrogen (secondary N) is 2. The zero-order chi connectivity index (χ0) is 18.7. The van der Waals surface area contributed by atoms with E-state index in [1.54, 1.807) is 5.01 Å². The minimum Gasteiger partial charge on any atom is -0.363 e. The van der Waals surface area contributed by atoms with Gasteiger partial charge in [-0.2, -0.15) is 0 Å². The minimum atomic E-state index is -0.521. The first-order valence-corrected chi connectivity index (χ1v) is 9.19. The number of amides is 1. The van der Waals surface area contributed by atoms with E-state index in [0.717, 1.165) is 17.7 Å². The number of ether oxygens (including phenoxy) is 1. The first-order chi connectivity index (χ1) is 11.5. The Bertz CT molecular complexity index is 718. The van der Waals surface area contributed by atoms with Gasteiger partial charge in [-0.25, -0.2) is 5.43 Å². The summed E-state index contributed by atoms with van der Waals surface area (Å²) in [6, 6.07) is 0. The van der Waals surface area contributed by atoms with Crippen molar-refractivity contribution in [2.45, 2.75) is 65.2 Å². The van der Waals surface area contributed by atoms with Crippen LogP contribution in [0.15, 0.2) is 33.6 Å². The molecule has 1 aliphatic carbocycles. The number of halogens is 1. The van der Waals surface area contributed by atoms with E-state index in [-0.39, 0.29) is 17.6 Å². The smallest absolute Gasteiger partial charge is 0.256 e. The lowest BCUT2D eigenvalue weighted by Gasteiger charge is -2.29. The van der Waals surface area contributed by atoms with Crippen molar-refractivity contribution in [3.63, 3.8) is 0 Å². The van der Waals surface area contributed by atoms with Gasteiger partial charge in [-0.15, -0.1) is 0 Å². The molecule has 0 saturated heterocycles. The van der Waals surface area contributed by atoms with Crippen molar-refractivity contribution >= 4 is 17.5 Å². The number of allylic oxidation sites excluding steroid dienone is 1. The Hall–Kier alpha value is -1.30. The van der Waals surface area contributed by atoms with E-state index in [1.807, 2.05) is 27.8 Å². The molecule has 0 bridgehead atoms. The highest BCUT2D eigenvalue weighted by Gasteiger charge is 2.44. The van der Waals surface area contributed by atoms with E-state index in [4.69, 9.17) is 16.3 Å². The predicted octanol–water partition coefficient (Wildman–Crippen LogP) is 3.20. The van der Waals surface area contributed by atoms with Crippen LogP contribution in [0.3, 0.4) is 0 Å². The summed E-state index contributed by atoms with van der Waals surface area (Å²) in [5.74, 6) is 0.241. The van der Waals surface area contributed by atoms with E-state index in [9.17, 15) is 4.79 Å². The van der Waals surface area contributed by atoms with Gasteiger partial charge in [-0.1, -0.05) is 24.6 Å². The molecule has 2 unspecified atom stereocenters. The molecule has 0 saturated carbocycles. The normalized spacial score (nSPS) is 30.6. The first-order valence-electron chi connectivity index (χ1n) is 8.81. The van der Waals surface area contributed by atoms with E-state index < -0.39 is 5.54 Å². The summed E-state index contributed by atoms with van der Waals surface area (Å²) in [6.45, 7) is 12.4. The van der Waals surface area contributed by atoms with Gasteiger partial charge in [0.1, 0.15) is 5.16 Å². The Balaban J connectivity index is 1.93. The lowest BCUT2D eigenvalue weighted by Crippen LogP contribution is -2.45. The van der Waals surface area contributed by atoms with E-state index in [2.05, 4.69) is 37.6 Å². The fraction of sp³-hybridized carbons (Fsp3) is 0.632. The van der Waals surface area contributed by atoms with Crippen molar-refractivity contribution in [3.05, 3.63) is 33.6 Å². The maximum absolute atomic E-state index is 13.0. The minimum absolute atomic E-state index is 0.0406. The molecule has 3 rings (SSSR count). The van der Waals surface area contributed by atoms with Crippen LogP contribution in [0.1, 0.15) is 48.0 Å². The summed E-state index contributed by atoms with van der Waals surface area (Å²) in [6.07, 6.45) is 2.96. The van der Waals surface area contributed by atoms with Gasteiger partial charge in [-0.3, -0.25) is 9.80 Å². The van der Waals surface area contributed by atoms with Crippen LogP contribution in [0, 0.1) is 5.92 Å². The lowest BCUT2D eigenvalue weighted by molar-refractivity contribution is -0.117. The van der Waals surface area contributed by atoms with Crippen molar-refractivity contribution in [2.75, 3.05) is 7.05 Å². The number of rotatable bonds is 2. The Kier molecular flexibility index (Phi) is 4.34. The van der Waals surface area contributed by atoms with Gasteiger partial charge in [0.15, 0.2) is 0 Å². The summed E-state index contributed by atoms with van der Waals surface area (Å²) in [7, 11) is 1.81. The van der Waals surface area contributed by atoms with Gasteiger partial charge in [0.25, 0.3) is 5.91 Å². The second-order valence-electron chi connectivity index (χ2n) is 8.27. The molecule has 25 heavy (non-hydrogen) atoms. The summed E-state index contributed by atoms with van der Waals surface area (Å²) >= 11 is 6.36. The van der Waals surface area contributed by atoms with Crippen LogP contribution in [0.25, 0.3) is 0 Å².